The highest BCUT2D eigenvalue weighted by molar-refractivity contribution is 6.31. The molecule has 1 aromatic heterocycles. The van der Waals surface area contributed by atoms with Crippen LogP contribution in [0.3, 0.4) is 0 Å². The number of amides is 1. The van der Waals surface area contributed by atoms with E-state index in [0.29, 0.717) is 28.5 Å². The van der Waals surface area contributed by atoms with Crippen LogP contribution in [0.5, 0.6) is 0 Å². The average Bonchev–Trinajstić information content (AvgIpc) is 2.62. The number of benzene rings is 1. The van der Waals surface area contributed by atoms with Gasteiger partial charge in [-0.15, -0.1) is 0 Å². The Hall–Kier alpha value is -2.02. The molecule has 7 heteroatoms. The van der Waals surface area contributed by atoms with Crippen LogP contribution in [0.25, 0.3) is 0 Å². The summed E-state index contributed by atoms with van der Waals surface area (Å²) in [5.74, 6) is -0.725. The van der Waals surface area contributed by atoms with E-state index in [1.807, 2.05) is 6.92 Å². The van der Waals surface area contributed by atoms with Gasteiger partial charge in [0.1, 0.15) is 5.82 Å². The van der Waals surface area contributed by atoms with Gasteiger partial charge in [-0.05, 0) is 43.2 Å². The third-order valence-electron chi connectivity index (χ3n) is 4.62. The van der Waals surface area contributed by atoms with E-state index < -0.39 is 0 Å². The van der Waals surface area contributed by atoms with Crippen molar-refractivity contribution in [1.29, 1.82) is 0 Å². The van der Waals surface area contributed by atoms with E-state index >= 15 is 0 Å². The maximum atomic E-state index is 14.1. The van der Waals surface area contributed by atoms with Gasteiger partial charge in [0.2, 0.25) is 0 Å². The summed E-state index contributed by atoms with van der Waals surface area (Å²) >= 11 is 6.04. The van der Waals surface area contributed by atoms with Crippen LogP contribution in [0.1, 0.15) is 27.2 Å². The number of nitrogens with one attached hydrogen (secondary N) is 2. The fourth-order valence-corrected chi connectivity index (χ4v) is 3.13. The summed E-state index contributed by atoms with van der Waals surface area (Å²) in [5, 5.41) is 6.51. The molecule has 1 aliphatic rings. The number of anilines is 1. The van der Waals surface area contributed by atoms with Gasteiger partial charge in [-0.25, -0.2) is 4.39 Å². The van der Waals surface area contributed by atoms with Crippen molar-refractivity contribution < 1.29 is 9.18 Å². The highest BCUT2D eigenvalue weighted by Crippen LogP contribution is 2.24. The Morgan fingerprint density at radius 2 is 2.04 bits per heavy atom. The molecule has 2 heterocycles. The van der Waals surface area contributed by atoms with Crippen LogP contribution in [0.15, 0.2) is 24.4 Å². The van der Waals surface area contributed by atoms with Gasteiger partial charge >= 0.3 is 0 Å². The van der Waals surface area contributed by atoms with Crippen molar-refractivity contribution in [2.24, 2.45) is 0 Å². The molecule has 5 nitrogen and oxygen atoms in total. The summed E-state index contributed by atoms with van der Waals surface area (Å²) in [5.41, 5.74) is 3.21. The molecule has 1 saturated heterocycles. The summed E-state index contributed by atoms with van der Waals surface area (Å²) in [6, 6.07) is 4.45. The van der Waals surface area contributed by atoms with Gasteiger partial charge < -0.3 is 10.6 Å². The lowest BCUT2D eigenvalue weighted by Crippen LogP contribution is -2.43. The Bertz CT molecular complexity index is 821. The van der Waals surface area contributed by atoms with E-state index in [0.717, 1.165) is 37.3 Å². The fourth-order valence-electron chi connectivity index (χ4n) is 2.96. The van der Waals surface area contributed by atoms with E-state index in [9.17, 15) is 9.18 Å². The molecule has 0 aliphatic carbocycles. The normalized spacial score (nSPS) is 15.1. The van der Waals surface area contributed by atoms with E-state index in [4.69, 9.17) is 11.6 Å². The van der Waals surface area contributed by atoms with Crippen molar-refractivity contribution in [3.8, 4) is 0 Å². The highest BCUT2D eigenvalue weighted by atomic mass is 35.5. The minimum atomic E-state index is -0.365. The SMILES string of the molecule is Cc1ncc(C(=O)Nc2cc(F)cc(CN3CCNCC3)c2C)cc1Cl. The number of nitrogens with zero attached hydrogens (tertiary/aromatic N) is 2. The average molecular weight is 377 g/mol. The van der Waals surface area contributed by atoms with Crippen molar-refractivity contribution in [2.45, 2.75) is 20.4 Å². The lowest BCUT2D eigenvalue weighted by atomic mass is 10.0. The first-order valence-electron chi connectivity index (χ1n) is 8.59. The maximum absolute atomic E-state index is 14.1. The van der Waals surface area contributed by atoms with Crippen LogP contribution in [0.4, 0.5) is 10.1 Å². The van der Waals surface area contributed by atoms with Gasteiger partial charge in [-0.3, -0.25) is 14.7 Å². The molecule has 1 amide bonds. The summed E-state index contributed by atoms with van der Waals surface area (Å²) < 4.78 is 14.1. The summed E-state index contributed by atoms with van der Waals surface area (Å²) in [7, 11) is 0. The molecule has 0 saturated carbocycles. The predicted octanol–water partition coefficient (Wildman–Crippen LogP) is 3.15. The van der Waals surface area contributed by atoms with Gasteiger partial charge in [-0.1, -0.05) is 11.6 Å². The van der Waals surface area contributed by atoms with Crippen LogP contribution in [-0.4, -0.2) is 42.0 Å². The van der Waals surface area contributed by atoms with Crippen LogP contribution < -0.4 is 10.6 Å². The molecule has 1 aliphatic heterocycles. The summed E-state index contributed by atoms with van der Waals surface area (Å²) in [6.07, 6.45) is 1.47. The van der Waals surface area contributed by atoms with Gasteiger partial charge in [-0.2, -0.15) is 0 Å². The quantitative estimate of drug-likeness (QED) is 0.860. The molecule has 3 rings (SSSR count). The zero-order chi connectivity index (χ0) is 18.7. The lowest BCUT2D eigenvalue weighted by molar-refractivity contribution is 0.102. The molecule has 0 bridgehead atoms. The number of carbonyl (C=O) groups is 1. The predicted molar refractivity (Wildman–Crippen MR) is 101 cm³/mol. The number of pyridine rings is 1. The molecule has 0 atom stereocenters. The van der Waals surface area contributed by atoms with Gasteiger partial charge in [0.25, 0.3) is 5.91 Å². The molecule has 1 fully saturated rings. The number of rotatable bonds is 4. The largest absolute Gasteiger partial charge is 0.322 e. The second-order valence-corrected chi connectivity index (χ2v) is 6.92. The smallest absolute Gasteiger partial charge is 0.257 e. The lowest BCUT2D eigenvalue weighted by Gasteiger charge is -2.28. The molecule has 0 radical (unpaired) electrons. The first-order valence-corrected chi connectivity index (χ1v) is 8.97. The molecule has 138 valence electrons. The molecular formula is C19H22ClFN4O. The van der Waals surface area contributed by atoms with E-state index in [1.165, 1.54) is 18.3 Å². The molecule has 0 spiro atoms. The van der Waals surface area contributed by atoms with Gasteiger partial charge in [0.15, 0.2) is 0 Å². The van der Waals surface area contributed by atoms with E-state index in [2.05, 4.69) is 20.5 Å². The number of hydrogen-bond donors (Lipinski definition) is 2. The Kier molecular flexibility index (Phi) is 5.86. The Morgan fingerprint density at radius 3 is 2.73 bits per heavy atom. The minimum Gasteiger partial charge on any atom is -0.322 e. The van der Waals surface area contributed by atoms with E-state index in [1.54, 1.807) is 13.0 Å². The number of carbonyl (C=O) groups excluding carboxylic acids is 1. The monoisotopic (exact) mass is 376 g/mol. The summed E-state index contributed by atoms with van der Waals surface area (Å²) in [4.78, 5) is 18.9. The number of hydrogen-bond acceptors (Lipinski definition) is 4. The van der Waals surface area contributed by atoms with Crippen LogP contribution >= 0.6 is 11.6 Å². The molecule has 1 aromatic carbocycles. The van der Waals surface area contributed by atoms with Crippen molar-refractivity contribution in [3.05, 3.63) is 57.6 Å². The third-order valence-corrected chi connectivity index (χ3v) is 5.00. The van der Waals surface area contributed by atoms with Crippen molar-refractivity contribution >= 4 is 23.2 Å². The highest BCUT2D eigenvalue weighted by Gasteiger charge is 2.16. The van der Waals surface area contributed by atoms with Crippen LogP contribution in [-0.2, 0) is 6.54 Å². The first-order chi connectivity index (χ1) is 12.4. The number of halogens is 2. The Balaban J connectivity index is 1.80. The maximum Gasteiger partial charge on any atom is 0.257 e. The Labute approximate surface area is 157 Å². The number of piperazine rings is 1. The summed E-state index contributed by atoms with van der Waals surface area (Å²) in [6.45, 7) is 8.02. The molecule has 26 heavy (non-hydrogen) atoms. The first kappa shape index (κ1) is 18.8. The van der Waals surface area contributed by atoms with Crippen LogP contribution in [0, 0.1) is 19.7 Å². The van der Waals surface area contributed by atoms with Gasteiger partial charge in [0.05, 0.1) is 16.3 Å². The minimum absolute atomic E-state index is 0.341. The van der Waals surface area contributed by atoms with Crippen molar-refractivity contribution in [1.82, 2.24) is 15.2 Å². The molecule has 2 N–H and O–H groups in total. The Morgan fingerprint density at radius 1 is 1.31 bits per heavy atom. The number of aromatic nitrogens is 1. The van der Waals surface area contributed by atoms with Crippen molar-refractivity contribution in [2.75, 3.05) is 31.5 Å². The zero-order valence-electron chi connectivity index (χ0n) is 14.9. The molecule has 0 unspecified atom stereocenters. The van der Waals surface area contributed by atoms with Crippen molar-refractivity contribution in [3.63, 3.8) is 0 Å². The third kappa shape index (κ3) is 4.38. The zero-order valence-corrected chi connectivity index (χ0v) is 15.7. The fraction of sp³-hybridized carbons (Fsp3) is 0.368. The number of aryl methyl sites for hydroxylation is 1. The van der Waals surface area contributed by atoms with E-state index in [-0.39, 0.29) is 11.7 Å². The molecule has 2 aromatic rings. The second-order valence-electron chi connectivity index (χ2n) is 6.51. The van der Waals surface area contributed by atoms with Gasteiger partial charge in [0, 0.05) is 44.6 Å². The molecular weight excluding hydrogens is 355 g/mol. The topological polar surface area (TPSA) is 57.3 Å². The van der Waals surface area contributed by atoms with Crippen LogP contribution in [0.2, 0.25) is 5.02 Å². The standard InChI is InChI=1S/C19H22ClFN4O/c1-12-15(11-25-5-3-22-4-6-25)7-16(21)9-18(12)24-19(26)14-8-17(20)13(2)23-10-14/h7-10,22H,3-6,11H2,1-2H3,(H,24,26). The second kappa shape index (κ2) is 8.12.